The molecule has 32 heavy (non-hydrogen) atoms. The number of carbonyl (C=O) groups is 1. The summed E-state index contributed by atoms with van der Waals surface area (Å²) in [6.07, 6.45) is 0.741. The van der Waals surface area contributed by atoms with Gasteiger partial charge in [0, 0.05) is 30.0 Å². The molecule has 5 rings (SSSR count). The number of methoxy groups -OCH3 is 1. The van der Waals surface area contributed by atoms with Gasteiger partial charge in [-0.1, -0.05) is 17.8 Å². The van der Waals surface area contributed by atoms with Gasteiger partial charge in [-0.25, -0.2) is 4.98 Å². The minimum atomic E-state index is -0.213. The fourth-order valence-corrected chi connectivity index (χ4v) is 5.32. The summed E-state index contributed by atoms with van der Waals surface area (Å²) in [4.78, 5) is 31.2. The number of amides is 1. The molecule has 0 bridgehead atoms. The molecule has 0 spiro atoms. The van der Waals surface area contributed by atoms with Crippen molar-refractivity contribution in [3.63, 3.8) is 0 Å². The van der Waals surface area contributed by atoms with Gasteiger partial charge in [-0.15, -0.1) is 11.8 Å². The zero-order chi connectivity index (χ0) is 22.1. The van der Waals surface area contributed by atoms with E-state index in [2.05, 4.69) is 5.32 Å². The van der Waals surface area contributed by atoms with Crippen LogP contribution in [0.4, 0.5) is 5.69 Å². The van der Waals surface area contributed by atoms with Crippen LogP contribution >= 0.6 is 23.5 Å². The molecule has 0 fully saturated rings. The number of nitrogens with zero attached hydrogens (tertiary/aromatic N) is 2. The molecule has 164 valence electrons. The lowest BCUT2D eigenvalue weighted by Crippen LogP contribution is -2.24. The van der Waals surface area contributed by atoms with Crippen LogP contribution in [0.3, 0.4) is 0 Å². The van der Waals surface area contributed by atoms with Gasteiger partial charge in [-0.2, -0.15) is 0 Å². The van der Waals surface area contributed by atoms with Crippen LogP contribution in [0.2, 0.25) is 0 Å². The third kappa shape index (κ3) is 4.03. The van der Waals surface area contributed by atoms with Gasteiger partial charge in [0.25, 0.3) is 5.56 Å². The molecule has 0 atom stereocenters. The van der Waals surface area contributed by atoms with E-state index in [1.165, 1.54) is 23.5 Å². The van der Waals surface area contributed by atoms with Crippen LogP contribution in [0, 0.1) is 0 Å². The van der Waals surface area contributed by atoms with Gasteiger partial charge >= 0.3 is 0 Å². The van der Waals surface area contributed by atoms with E-state index >= 15 is 0 Å². The van der Waals surface area contributed by atoms with Crippen LogP contribution in [0.15, 0.2) is 57.3 Å². The molecule has 2 aliphatic heterocycles. The summed E-state index contributed by atoms with van der Waals surface area (Å²) in [5.74, 6) is 2.60. The number of hydrogen-bond donors (Lipinski definition) is 1. The van der Waals surface area contributed by atoms with Crippen LogP contribution in [0.5, 0.6) is 17.2 Å². The van der Waals surface area contributed by atoms with E-state index in [-0.39, 0.29) is 24.0 Å². The number of aromatic nitrogens is 2. The topological polar surface area (TPSA) is 91.7 Å². The Morgan fingerprint density at radius 3 is 3.00 bits per heavy atom. The van der Waals surface area contributed by atoms with Crippen LogP contribution in [0.25, 0.3) is 5.69 Å². The Labute approximate surface area is 192 Å². The van der Waals surface area contributed by atoms with Crippen molar-refractivity contribution in [2.24, 2.45) is 0 Å². The summed E-state index contributed by atoms with van der Waals surface area (Å²) >= 11 is 2.74. The van der Waals surface area contributed by atoms with Gasteiger partial charge in [0.1, 0.15) is 5.75 Å². The molecule has 3 aromatic rings. The van der Waals surface area contributed by atoms with E-state index in [0.717, 1.165) is 17.9 Å². The third-order valence-electron chi connectivity index (χ3n) is 4.97. The maximum atomic E-state index is 13.2. The number of nitrogens with one attached hydrogen (secondary N) is 1. The van der Waals surface area contributed by atoms with Gasteiger partial charge in [0.05, 0.1) is 29.1 Å². The lowest BCUT2D eigenvalue weighted by Gasteiger charge is -2.14. The Hall–Kier alpha value is -3.11. The van der Waals surface area contributed by atoms with Crippen LogP contribution in [0.1, 0.15) is 5.69 Å². The quantitative estimate of drug-likeness (QED) is 0.434. The van der Waals surface area contributed by atoms with Crippen LogP contribution < -0.4 is 25.1 Å². The van der Waals surface area contributed by atoms with Crippen LogP contribution in [-0.4, -0.2) is 40.9 Å². The fourth-order valence-electron chi connectivity index (χ4n) is 3.47. The van der Waals surface area contributed by atoms with E-state index < -0.39 is 0 Å². The number of ether oxygens (including phenoxy) is 3. The van der Waals surface area contributed by atoms with Crippen molar-refractivity contribution < 1.29 is 19.0 Å². The molecule has 0 radical (unpaired) electrons. The number of fused-ring (bicyclic) bond motifs is 2. The molecule has 1 aromatic heterocycles. The smallest absolute Gasteiger partial charge is 0.272 e. The Morgan fingerprint density at radius 2 is 2.12 bits per heavy atom. The Morgan fingerprint density at radius 1 is 1.25 bits per heavy atom. The summed E-state index contributed by atoms with van der Waals surface area (Å²) in [7, 11) is 1.58. The normalized spacial score (nSPS) is 13.7. The largest absolute Gasteiger partial charge is 0.497 e. The van der Waals surface area contributed by atoms with Crippen molar-refractivity contribution >= 4 is 35.1 Å². The molecule has 3 heterocycles. The van der Waals surface area contributed by atoms with Crippen molar-refractivity contribution in [3.8, 4) is 22.9 Å². The molecule has 0 saturated carbocycles. The summed E-state index contributed by atoms with van der Waals surface area (Å²) < 4.78 is 17.5. The molecule has 2 aliphatic rings. The number of carbonyl (C=O) groups excluding carboxylic acids is 1. The zero-order valence-corrected chi connectivity index (χ0v) is 18.8. The lowest BCUT2D eigenvalue weighted by molar-refractivity contribution is -0.113. The average Bonchev–Trinajstić information content (AvgIpc) is 3.47. The third-order valence-corrected chi connectivity index (χ3v) is 7.01. The zero-order valence-electron chi connectivity index (χ0n) is 17.1. The van der Waals surface area contributed by atoms with E-state index in [9.17, 15) is 9.59 Å². The standard InChI is InChI=1S/C22H19N3O5S2/c1-28-15-4-2-3-14(10-15)25-21(27)20-16(7-8-31-20)24-22(25)32-11-19(26)23-13-5-6-17-18(9-13)30-12-29-17/h2-6,9-10H,7-8,11-12H2,1H3,(H,23,26). The first-order valence-corrected chi connectivity index (χ1v) is 11.8. The minimum absolute atomic E-state index is 0.0940. The number of thioether (sulfide) groups is 2. The molecule has 10 heteroatoms. The second kappa shape index (κ2) is 8.79. The molecule has 2 aromatic carbocycles. The highest BCUT2D eigenvalue weighted by atomic mass is 32.2. The van der Waals surface area contributed by atoms with Crippen LogP contribution in [-0.2, 0) is 11.2 Å². The van der Waals surface area contributed by atoms with Crippen molar-refractivity contribution in [1.82, 2.24) is 9.55 Å². The number of anilines is 1. The van der Waals surface area contributed by atoms with Gasteiger partial charge in [0.15, 0.2) is 16.7 Å². The first-order chi connectivity index (χ1) is 15.6. The van der Waals surface area contributed by atoms with E-state index in [0.29, 0.717) is 38.7 Å². The molecule has 0 unspecified atom stereocenters. The van der Waals surface area contributed by atoms with Gasteiger partial charge < -0.3 is 19.5 Å². The fraction of sp³-hybridized carbons (Fsp3) is 0.227. The second-order valence-corrected chi connectivity index (χ2v) is 9.06. The number of aryl methyl sites for hydroxylation is 1. The highest BCUT2D eigenvalue weighted by Crippen LogP contribution is 2.34. The van der Waals surface area contributed by atoms with E-state index in [1.807, 2.05) is 18.2 Å². The van der Waals surface area contributed by atoms with Crippen molar-refractivity contribution in [1.29, 1.82) is 0 Å². The van der Waals surface area contributed by atoms with Gasteiger partial charge in [0.2, 0.25) is 12.7 Å². The van der Waals surface area contributed by atoms with E-state index in [1.54, 1.807) is 35.9 Å². The summed E-state index contributed by atoms with van der Waals surface area (Å²) in [6.45, 7) is 0.173. The Balaban J connectivity index is 1.40. The summed E-state index contributed by atoms with van der Waals surface area (Å²) in [5, 5.41) is 3.33. The molecular formula is C22H19N3O5S2. The average molecular weight is 470 g/mol. The van der Waals surface area contributed by atoms with E-state index in [4.69, 9.17) is 19.2 Å². The maximum absolute atomic E-state index is 13.2. The highest BCUT2D eigenvalue weighted by molar-refractivity contribution is 8.00. The number of benzene rings is 2. The van der Waals surface area contributed by atoms with Gasteiger partial charge in [-0.05, 0) is 24.3 Å². The first-order valence-electron chi connectivity index (χ1n) is 9.88. The second-order valence-electron chi connectivity index (χ2n) is 7.02. The lowest BCUT2D eigenvalue weighted by atomic mass is 10.3. The number of rotatable bonds is 6. The molecule has 1 amide bonds. The van der Waals surface area contributed by atoms with Gasteiger partial charge in [-0.3, -0.25) is 14.2 Å². The predicted molar refractivity (Wildman–Crippen MR) is 123 cm³/mol. The number of hydrogen-bond acceptors (Lipinski definition) is 8. The van der Waals surface area contributed by atoms with Crippen molar-refractivity contribution in [2.45, 2.75) is 16.5 Å². The highest BCUT2D eigenvalue weighted by Gasteiger charge is 2.23. The molecule has 0 aliphatic carbocycles. The monoisotopic (exact) mass is 469 g/mol. The molecule has 0 saturated heterocycles. The van der Waals surface area contributed by atoms with Crippen molar-refractivity contribution in [2.75, 3.05) is 30.7 Å². The summed E-state index contributed by atoms with van der Waals surface area (Å²) in [5.41, 5.74) is 1.93. The summed E-state index contributed by atoms with van der Waals surface area (Å²) in [6, 6.07) is 12.5. The molecule has 8 nitrogen and oxygen atoms in total. The minimum Gasteiger partial charge on any atom is -0.497 e. The first kappa shape index (κ1) is 20.8. The Kier molecular flexibility index (Phi) is 5.71. The van der Waals surface area contributed by atoms with Crippen molar-refractivity contribution in [3.05, 3.63) is 58.5 Å². The Bertz CT molecular complexity index is 1260. The predicted octanol–water partition coefficient (Wildman–Crippen LogP) is 3.35. The SMILES string of the molecule is COc1cccc(-n2c(SCC(=O)Nc3ccc4c(c3)OCO4)nc3c(c2=O)SCC3)c1. The molecule has 1 N–H and O–H groups in total. The molecular weight excluding hydrogens is 450 g/mol. The maximum Gasteiger partial charge on any atom is 0.272 e.